The maximum Gasteiger partial charge on any atom is 0.353 e. The zero-order valence-corrected chi connectivity index (χ0v) is 20.7. The average molecular weight is 468 g/mol. The molecule has 0 unspecified atom stereocenters. The van der Waals surface area contributed by atoms with Crippen molar-refractivity contribution >= 4 is 22.6 Å². The number of aromatic nitrogens is 1. The smallest absolute Gasteiger partial charge is 0.353 e. The van der Waals surface area contributed by atoms with E-state index < -0.39 is 5.97 Å². The topological polar surface area (TPSA) is 57.5 Å². The third-order valence-electron chi connectivity index (χ3n) is 6.95. The highest BCUT2D eigenvalue weighted by Gasteiger charge is 2.24. The second-order valence-corrected chi connectivity index (χ2v) is 10.4. The Morgan fingerprint density at radius 1 is 0.943 bits per heavy atom. The van der Waals surface area contributed by atoms with Crippen LogP contribution in [0.5, 0.6) is 0 Å². The summed E-state index contributed by atoms with van der Waals surface area (Å²) in [6.45, 7) is 11.0. The van der Waals surface area contributed by atoms with E-state index in [1.54, 1.807) is 0 Å². The number of benzene rings is 3. The largest absolute Gasteiger partial charge is 0.477 e. The highest BCUT2D eigenvalue weighted by molar-refractivity contribution is 6.08. The third kappa shape index (κ3) is 4.56. The van der Waals surface area contributed by atoms with Crippen molar-refractivity contribution in [3.05, 3.63) is 89.6 Å². The Balaban J connectivity index is 1.61. The Labute approximate surface area is 207 Å². The predicted octanol–water partition coefficient (Wildman–Crippen LogP) is 5.76. The summed E-state index contributed by atoms with van der Waals surface area (Å²) < 4.78 is 1.96. The summed E-state index contributed by atoms with van der Waals surface area (Å²) >= 11 is 0. The van der Waals surface area contributed by atoms with E-state index in [1.807, 2.05) is 28.8 Å². The summed E-state index contributed by atoms with van der Waals surface area (Å²) in [6.07, 6.45) is 0. The van der Waals surface area contributed by atoms with E-state index in [9.17, 15) is 9.90 Å². The molecule has 2 N–H and O–H groups in total. The standard InChI is InChI=1S/C30H33N3O2/c1-30(2,3)23-13-11-22(12-14-23)27-25-9-4-5-10-26(25)33(28(27)29(34)35)20-21-7-6-8-24(19-21)32-17-15-31-16-18-32/h4-14,19,31H,15-18,20H2,1-3H3,(H,34,35). The molecule has 0 amide bonds. The van der Waals surface area contributed by atoms with Crippen LogP contribution in [0.25, 0.3) is 22.0 Å². The van der Waals surface area contributed by atoms with Crippen molar-refractivity contribution in [3.63, 3.8) is 0 Å². The van der Waals surface area contributed by atoms with Crippen LogP contribution in [0.3, 0.4) is 0 Å². The van der Waals surface area contributed by atoms with E-state index in [0.717, 1.165) is 53.8 Å². The van der Waals surface area contributed by atoms with Gasteiger partial charge in [-0.1, -0.05) is 75.4 Å². The Hall–Kier alpha value is -3.57. The van der Waals surface area contributed by atoms with Gasteiger partial charge in [0.05, 0.1) is 0 Å². The average Bonchev–Trinajstić information content (AvgIpc) is 3.19. The Morgan fingerprint density at radius 3 is 2.34 bits per heavy atom. The van der Waals surface area contributed by atoms with E-state index >= 15 is 0 Å². The number of fused-ring (bicyclic) bond motifs is 1. The molecule has 1 aliphatic heterocycles. The first kappa shape index (κ1) is 23.2. The minimum Gasteiger partial charge on any atom is -0.477 e. The molecule has 0 atom stereocenters. The quantitative estimate of drug-likeness (QED) is 0.392. The molecule has 1 fully saturated rings. The van der Waals surface area contributed by atoms with Gasteiger partial charge in [0.25, 0.3) is 0 Å². The number of nitrogens with one attached hydrogen (secondary N) is 1. The summed E-state index contributed by atoms with van der Waals surface area (Å²) in [5.74, 6) is -0.908. The Kier molecular flexibility index (Phi) is 6.12. The lowest BCUT2D eigenvalue weighted by Gasteiger charge is -2.29. The van der Waals surface area contributed by atoms with Crippen LogP contribution < -0.4 is 10.2 Å². The van der Waals surface area contributed by atoms with Crippen LogP contribution in [-0.2, 0) is 12.0 Å². The number of carboxylic acid groups (broad SMARTS) is 1. The van der Waals surface area contributed by atoms with E-state index in [-0.39, 0.29) is 5.41 Å². The van der Waals surface area contributed by atoms with Crippen LogP contribution in [0.15, 0.2) is 72.8 Å². The molecule has 3 aromatic carbocycles. The van der Waals surface area contributed by atoms with E-state index in [4.69, 9.17) is 0 Å². The van der Waals surface area contributed by atoms with Crippen molar-refractivity contribution in [2.45, 2.75) is 32.7 Å². The molecule has 5 rings (SSSR count). The fourth-order valence-corrected chi connectivity index (χ4v) is 5.08. The van der Waals surface area contributed by atoms with Crippen LogP contribution in [-0.4, -0.2) is 41.8 Å². The first-order chi connectivity index (χ1) is 16.8. The highest BCUT2D eigenvalue weighted by atomic mass is 16.4. The fraction of sp³-hybridized carbons (Fsp3) is 0.300. The van der Waals surface area contributed by atoms with Gasteiger partial charge in [-0.3, -0.25) is 0 Å². The van der Waals surface area contributed by atoms with E-state index in [2.05, 4.69) is 79.5 Å². The van der Waals surface area contributed by atoms with Crippen molar-refractivity contribution in [1.29, 1.82) is 0 Å². The SMILES string of the molecule is CC(C)(C)c1ccc(-c2c(C(=O)O)n(Cc3cccc(N4CCNCC4)c3)c3ccccc23)cc1. The lowest BCUT2D eigenvalue weighted by atomic mass is 9.86. The van der Waals surface area contributed by atoms with Gasteiger partial charge in [0.2, 0.25) is 0 Å². The van der Waals surface area contributed by atoms with Crippen molar-refractivity contribution < 1.29 is 9.90 Å². The van der Waals surface area contributed by atoms with Crippen molar-refractivity contribution in [3.8, 4) is 11.1 Å². The second-order valence-electron chi connectivity index (χ2n) is 10.4. The minimum atomic E-state index is -0.908. The minimum absolute atomic E-state index is 0.0393. The molecule has 4 aromatic rings. The van der Waals surface area contributed by atoms with Gasteiger partial charge in [-0.05, 0) is 40.3 Å². The monoisotopic (exact) mass is 467 g/mol. The number of nitrogens with zero attached hydrogens (tertiary/aromatic N) is 2. The lowest BCUT2D eigenvalue weighted by molar-refractivity contribution is 0.0687. The van der Waals surface area contributed by atoms with Gasteiger partial charge in [0.1, 0.15) is 5.69 Å². The zero-order valence-electron chi connectivity index (χ0n) is 20.7. The van der Waals surface area contributed by atoms with Crippen molar-refractivity contribution in [2.75, 3.05) is 31.1 Å². The van der Waals surface area contributed by atoms with Crippen LogP contribution in [0.1, 0.15) is 42.4 Å². The van der Waals surface area contributed by atoms with Crippen molar-refractivity contribution in [1.82, 2.24) is 9.88 Å². The predicted molar refractivity (Wildman–Crippen MR) is 144 cm³/mol. The van der Waals surface area contributed by atoms with Gasteiger partial charge in [-0.25, -0.2) is 4.79 Å². The van der Waals surface area contributed by atoms with E-state index in [0.29, 0.717) is 12.2 Å². The van der Waals surface area contributed by atoms with Gasteiger partial charge in [0, 0.05) is 54.9 Å². The summed E-state index contributed by atoms with van der Waals surface area (Å²) in [6, 6.07) is 24.9. The van der Waals surface area contributed by atoms with Crippen LogP contribution >= 0.6 is 0 Å². The fourth-order valence-electron chi connectivity index (χ4n) is 5.08. The molecule has 2 heterocycles. The maximum atomic E-state index is 12.7. The molecule has 5 nitrogen and oxygen atoms in total. The summed E-state index contributed by atoms with van der Waals surface area (Å²) in [7, 11) is 0. The second kappa shape index (κ2) is 9.23. The summed E-state index contributed by atoms with van der Waals surface area (Å²) in [4.78, 5) is 15.1. The van der Waals surface area contributed by atoms with Crippen LogP contribution in [0.4, 0.5) is 5.69 Å². The molecule has 0 saturated carbocycles. The number of rotatable bonds is 5. The van der Waals surface area contributed by atoms with Gasteiger partial charge in [-0.2, -0.15) is 0 Å². The van der Waals surface area contributed by atoms with Crippen LogP contribution in [0, 0.1) is 0 Å². The number of para-hydroxylation sites is 1. The molecular weight excluding hydrogens is 434 g/mol. The molecular formula is C30H33N3O2. The van der Waals surface area contributed by atoms with Gasteiger partial charge in [0.15, 0.2) is 0 Å². The number of anilines is 1. The summed E-state index contributed by atoms with van der Waals surface area (Å²) in [5, 5.41) is 14.8. The highest BCUT2D eigenvalue weighted by Crippen LogP contribution is 2.37. The van der Waals surface area contributed by atoms with E-state index in [1.165, 1.54) is 11.3 Å². The van der Waals surface area contributed by atoms with Gasteiger partial charge >= 0.3 is 5.97 Å². The Bertz CT molecular complexity index is 1360. The Morgan fingerprint density at radius 2 is 1.66 bits per heavy atom. The molecule has 0 radical (unpaired) electrons. The van der Waals surface area contributed by atoms with Gasteiger partial charge < -0.3 is 19.9 Å². The molecule has 1 aliphatic rings. The van der Waals surface area contributed by atoms with Gasteiger partial charge in [-0.15, -0.1) is 0 Å². The third-order valence-corrected chi connectivity index (χ3v) is 6.95. The summed E-state index contributed by atoms with van der Waals surface area (Å²) in [5.41, 5.74) is 6.54. The number of carboxylic acids is 1. The molecule has 0 spiro atoms. The molecule has 0 bridgehead atoms. The molecule has 0 aliphatic carbocycles. The van der Waals surface area contributed by atoms with Crippen LogP contribution in [0.2, 0.25) is 0 Å². The number of carbonyl (C=O) groups is 1. The molecule has 1 saturated heterocycles. The first-order valence-corrected chi connectivity index (χ1v) is 12.3. The maximum absolute atomic E-state index is 12.7. The number of piperazine rings is 1. The number of hydrogen-bond acceptors (Lipinski definition) is 3. The zero-order chi connectivity index (χ0) is 24.6. The van der Waals surface area contributed by atoms with Crippen molar-refractivity contribution in [2.24, 2.45) is 0 Å². The normalized spacial score (nSPS) is 14.4. The molecule has 35 heavy (non-hydrogen) atoms. The molecule has 5 heteroatoms. The first-order valence-electron chi connectivity index (χ1n) is 12.3. The lowest BCUT2D eigenvalue weighted by Crippen LogP contribution is -2.43. The number of hydrogen-bond donors (Lipinski definition) is 2. The molecule has 180 valence electrons. The number of aromatic carboxylic acids is 1. The molecule has 1 aromatic heterocycles.